The summed E-state index contributed by atoms with van der Waals surface area (Å²) in [6.45, 7) is 2.15. The summed E-state index contributed by atoms with van der Waals surface area (Å²) in [6.07, 6.45) is 5.73. The van der Waals surface area contributed by atoms with Gasteiger partial charge in [-0.15, -0.1) is 5.10 Å². The van der Waals surface area contributed by atoms with Crippen molar-refractivity contribution in [3.8, 4) is 11.4 Å². The van der Waals surface area contributed by atoms with Crippen LogP contribution in [0.4, 0.5) is 0 Å². The van der Waals surface area contributed by atoms with Crippen LogP contribution in [0, 0.1) is 0 Å². The maximum Gasteiger partial charge on any atom is 0.241 e. The Kier molecular flexibility index (Phi) is 3.61. The summed E-state index contributed by atoms with van der Waals surface area (Å²) < 4.78 is 1.47. The average molecular weight is 246 g/mol. The third-order valence-corrected chi connectivity index (χ3v) is 2.47. The summed E-state index contributed by atoms with van der Waals surface area (Å²) >= 11 is 0. The van der Waals surface area contributed by atoms with Gasteiger partial charge in [-0.25, -0.2) is 4.68 Å². The van der Waals surface area contributed by atoms with Gasteiger partial charge in [-0.05, 0) is 6.42 Å². The largest absolute Gasteiger partial charge is 0.358 e. The van der Waals surface area contributed by atoms with Gasteiger partial charge < -0.3 is 5.32 Å². The van der Waals surface area contributed by atoms with Crippen LogP contribution in [0.15, 0.2) is 18.6 Å². The molecule has 0 aliphatic heterocycles. The van der Waals surface area contributed by atoms with Crippen molar-refractivity contribution >= 4 is 5.91 Å². The van der Waals surface area contributed by atoms with E-state index in [4.69, 9.17) is 0 Å². The van der Waals surface area contributed by atoms with E-state index >= 15 is 0 Å². The van der Waals surface area contributed by atoms with Crippen LogP contribution in [-0.4, -0.2) is 37.9 Å². The maximum absolute atomic E-state index is 11.2. The lowest BCUT2D eigenvalue weighted by Gasteiger charge is -2.00. The molecule has 2 heterocycles. The summed E-state index contributed by atoms with van der Waals surface area (Å²) in [6, 6.07) is 0. The van der Waals surface area contributed by atoms with Crippen LogP contribution >= 0.6 is 0 Å². The molecule has 0 spiro atoms. The summed E-state index contributed by atoms with van der Waals surface area (Å²) in [7, 11) is 1.58. The molecule has 0 bridgehead atoms. The summed E-state index contributed by atoms with van der Waals surface area (Å²) in [4.78, 5) is 19.7. The molecule has 0 aliphatic rings. The van der Waals surface area contributed by atoms with Crippen LogP contribution in [0.5, 0.6) is 0 Å². The average Bonchev–Trinajstić information content (AvgIpc) is 2.86. The van der Waals surface area contributed by atoms with E-state index in [1.165, 1.54) is 4.68 Å². The Morgan fingerprint density at radius 1 is 1.39 bits per heavy atom. The normalized spacial score (nSPS) is 10.3. The first-order valence-corrected chi connectivity index (χ1v) is 5.65. The van der Waals surface area contributed by atoms with E-state index in [9.17, 15) is 4.79 Å². The van der Waals surface area contributed by atoms with Gasteiger partial charge in [0.25, 0.3) is 0 Å². The summed E-state index contributed by atoms with van der Waals surface area (Å²) in [5.74, 6) is -0.124. The number of carbonyl (C=O) groups is 1. The molecule has 0 unspecified atom stereocenters. The fourth-order valence-corrected chi connectivity index (χ4v) is 1.55. The Morgan fingerprint density at radius 3 is 2.89 bits per heavy atom. The van der Waals surface area contributed by atoms with Crippen LogP contribution in [0.25, 0.3) is 11.4 Å². The van der Waals surface area contributed by atoms with Gasteiger partial charge in [-0.3, -0.25) is 14.8 Å². The van der Waals surface area contributed by atoms with Crippen molar-refractivity contribution in [2.24, 2.45) is 0 Å². The van der Waals surface area contributed by atoms with Crippen molar-refractivity contribution in [1.82, 2.24) is 30.3 Å². The minimum absolute atomic E-state index is 0.124. The van der Waals surface area contributed by atoms with E-state index in [1.807, 2.05) is 6.92 Å². The molecule has 1 amide bonds. The van der Waals surface area contributed by atoms with Gasteiger partial charge in [0.2, 0.25) is 5.91 Å². The SMILES string of the molecule is CCc1nccnc1-c1cn(CC(=O)NC)nn1. The molecule has 0 aromatic carbocycles. The molecule has 18 heavy (non-hydrogen) atoms. The number of amides is 1. The number of hydrogen-bond acceptors (Lipinski definition) is 5. The van der Waals surface area contributed by atoms with E-state index in [0.717, 1.165) is 12.1 Å². The highest BCUT2D eigenvalue weighted by molar-refractivity contribution is 5.75. The molecule has 2 aromatic rings. The van der Waals surface area contributed by atoms with Crippen molar-refractivity contribution in [1.29, 1.82) is 0 Å². The fourth-order valence-electron chi connectivity index (χ4n) is 1.55. The molecule has 7 nitrogen and oxygen atoms in total. The van der Waals surface area contributed by atoms with Crippen molar-refractivity contribution < 1.29 is 4.79 Å². The molecule has 0 saturated carbocycles. The Labute approximate surface area is 104 Å². The number of aromatic nitrogens is 5. The number of rotatable bonds is 4. The number of nitrogens with zero attached hydrogens (tertiary/aromatic N) is 5. The van der Waals surface area contributed by atoms with Crippen molar-refractivity contribution in [3.63, 3.8) is 0 Å². The Hall–Kier alpha value is -2.31. The second kappa shape index (κ2) is 5.35. The van der Waals surface area contributed by atoms with Crippen LogP contribution in [0.2, 0.25) is 0 Å². The molecular weight excluding hydrogens is 232 g/mol. The van der Waals surface area contributed by atoms with Crippen molar-refractivity contribution in [2.75, 3.05) is 7.05 Å². The molecule has 94 valence electrons. The monoisotopic (exact) mass is 246 g/mol. The fraction of sp³-hybridized carbons (Fsp3) is 0.364. The van der Waals surface area contributed by atoms with Gasteiger partial charge in [0.1, 0.15) is 17.9 Å². The third-order valence-electron chi connectivity index (χ3n) is 2.47. The van der Waals surface area contributed by atoms with Gasteiger partial charge >= 0.3 is 0 Å². The minimum atomic E-state index is -0.124. The number of hydrogen-bond donors (Lipinski definition) is 1. The molecule has 0 saturated heterocycles. The van der Waals surface area contributed by atoms with Crippen LogP contribution in [0.1, 0.15) is 12.6 Å². The summed E-state index contributed by atoms with van der Waals surface area (Å²) in [5.41, 5.74) is 2.21. The lowest BCUT2D eigenvalue weighted by Crippen LogP contribution is -2.23. The Morgan fingerprint density at radius 2 is 2.17 bits per heavy atom. The smallest absolute Gasteiger partial charge is 0.241 e. The topological polar surface area (TPSA) is 85.6 Å². The predicted molar refractivity (Wildman–Crippen MR) is 64.5 cm³/mol. The zero-order valence-corrected chi connectivity index (χ0v) is 10.3. The molecule has 2 rings (SSSR count). The molecule has 2 aromatic heterocycles. The molecule has 1 N–H and O–H groups in total. The van der Waals surface area contributed by atoms with E-state index in [2.05, 4.69) is 25.6 Å². The molecule has 0 fully saturated rings. The minimum Gasteiger partial charge on any atom is -0.358 e. The van der Waals surface area contributed by atoms with Gasteiger partial charge in [0.15, 0.2) is 0 Å². The van der Waals surface area contributed by atoms with Crippen LogP contribution in [-0.2, 0) is 17.8 Å². The zero-order chi connectivity index (χ0) is 13.0. The van der Waals surface area contributed by atoms with Crippen LogP contribution < -0.4 is 5.32 Å². The predicted octanol–water partition coefficient (Wildman–Crippen LogP) is 0.0435. The molecule has 7 heteroatoms. The third kappa shape index (κ3) is 2.50. The van der Waals surface area contributed by atoms with E-state index in [1.54, 1.807) is 25.6 Å². The van der Waals surface area contributed by atoms with Gasteiger partial charge in [-0.2, -0.15) is 0 Å². The number of nitrogens with one attached hydrogen (secondary N) is 1. The highest BCUT2D eigenvalue weighted by atomic mass is 16.1. The Bertz CT molecular complexity index is 550. The van der Waals surface area contributed by atoms with Crippen molar-refractivity contribution in [2.45, 2.75) is 19.9 Å². The van der Waals surface area contributed by atoms with Gasteiger partial charge in [0.05, 0.1) is 11.9 Å². The van der Waals surface area contributed by atoms with Gasteiger partial charge in [-0.1, -0.05) is 12.1 Å². The van der Waals surface area contributed by atoms with Crippen LogP contribution in [0.3, 0.4) is 0 Å². The van der Waals surface area contributed by atoms with E-state index in [-0.39, 0.29) is 12.5 Å². The number of likely N-dealkylation sites (N-methyl/N-ethyl adjacent to an activating group) is 1. The van der Waals surface area contributed by atoms with E-state index < -0.39 is 0 Å². The summed E-state index contributed by atoms with van der Waals surface area (Å²) in [5, 5.41) is 10.4. The molecular formula is C11H14N6O. The first-order chi connectivity index (χ1) is 8.74. The van der Waals surface area contributed by atoms with E-state index in [0.29, 0.717) is 11.4 Å². The molecule has 0 atom stereocenters. The Balaban J connectivity index is 2.26. The first kappa shape index (κ1) is 12.2. The highest BCUT2D eigenvalue weighted by Crippen LogP contribution is 2.16. The molecule has 0 radical (unpaired) electrons. The lowest BCUT2D eigenvalue weighted by molar-refractivity contribution is -0.121. The second-order valence-electron chi connectivity index (χ2n) is 3.68. The highest BCUT2D eigenvalue weighted by Gasteiger charge is 2.11. The lowest BCUT2D eigenvalue weighted by atomic mass is 10.2. The quantitative estimate of drug-likeness (QED) is 0.823. The molecule has 0 aliphatic carbocycles. The first-order valence-electron chi connectivity index (χ1n) is 5.65. The van der Waals surface area contributed by atoms with Crippen molar-refractivity contribution in [3.05, 3.63) is 24.3 Å². The zero-order valence-electron chi connectivity index (χ0n) is 10.3. The number of aryl methyl sites for hydroxylation is 1. The maximum atomic E-state index is 11.2. The van der Waals surface area contributed by atoms with Gasteiger partial charge in [0, 0.05) is 19.4 Å². The second-order valence-corrected chi connectivity index (χ2v) is 3.68. The standard InChI is InChI=1S/C11H14N6O/c1-3-8-11(14-5-4-13-8)9-6-17(16-15-9)7-10(18)12-2/h4-6H,3,7H2,1-2H3,(H,12,18). The number of carbonyl (C=O) groups excluding carboxylic acids is 1.